The molecule has 1 fully saturated rings. The summed E-state index contributed by atoms with van der Waals surface area (Å²) >= 11 is 5.93. The largest absolute Gasteiger partial charge is 0.322 e. The fourth-order valence-electron chi connectivity index (χ4n) is 2.46. The highest BCUT2D eigenvalue weighted by Gasteiger charge is 2.28. The maximum Gasteiger partial charge on any atom is 0.255 e. The number of anilines is 1. The molecule has 25 heavy (non-hydrogen) atoms. The van der Waals surface area contributed by atoms with Crippen LogP contribution in [0, 0.1) is 13.8 Å². The molecule has 1 aliphatic rings. The van der Waals surface area contributed by atoms with Crippen molar-refractivity contribution < 1.29 is 13.2 Å². The van der Waals surface area contributed by atoms with Crippen LogP contribution in [0.15, 0.2) is 41.3 Å². The van der Waals surface area contributed by atoms with Gasteiger partial charge in [-0.3, -0.25) is 4.79 Å². The Morgan fingerprint density at radius 1 is 1.08 bits per heavy atom. The van der Waals surface area contributed by atoms with Crippen molar-refractivity contribution in [3.8, 4) is 0 Å². The Balaban J connectivity index is 1.88. The summed E-state index contributed by atoms with van der Waals surface area (Å²) in [6.45, 7) is 3.61. The summed E-state index contributed by atoms with van der Waals surface area (Å²) in [5.74, 6) is -0.355. The summed E-state index contributed by atoms with van der Waals surface area (Å²) in [5, 5.41) is 3.40. The van der Waals surface area contributed by atoms with Crippen LogP contribution in [0.4, 0.5) is 5.69 Å². The lowest BCUT2D eigenvalue weighted by Crippen LogP contribution is -2.26. The zero-order chi connectivity index (χ0) is 18.2. The van der Waals surface area contributed by atoms with Crippen molar-refractivity contribution >= 4 is 33.2 Å². The second kappa shape index (κ2) is 6.78. The molecule has 0 atom stereocenters. The first kappa shape index (κ1) is 17.9. The maximum absolute atomic E-state index is 12.6. The van der Waals surface area contributed by atoms with Gasteiger partial charge in [0.1, 0.15) is 0 Å². The third kappa shape index (κ3) is 4.21. The Morgan fingerprint density at radius 3 is 2.44 bits per heavy atom. The highest BCUT2D eigenvalue weighted by molar-refractivity contribution is 7.89. The van der Waals surface area contributed by atoms with E-state index in [1.54, 1.807) is 31.2 Å². The van der Waals surface area contributed by atoms with E-state index in [0.29, 0.717) is 21.8 Å². The van der Waals surface area contributed by atoms with Gasteiger partial charge in [0.05, 0.1) is 4.90 Å². The molecule has 1 amide bonds. The molecule has 2 aromatic rings. The fraction of sp³-hybridized carbons (Fsp3) is 0.278. The summed E-state index contributed by atoms with van der Waals surface area (Å²) < 4.78 is 27.3. The second-order valence-electron chi connectivity index (χ2n) is 6.29. The number of rotatable bonds is 5. The number of amides is 1. The zero-order valence-electron chi connectivity index (χ0n) is 14.0. The molecule has 0 heterocycles. The predicted octanol–water partition coefficient (Wildman–Crippen LogP) is 3.65. The van der Waals surface area contributed by atoms with Gasteiger partial charge in [0, 0.05) is 22.3 Å². The highest BCUT2D eigenvalue weighted by Crippen LogP contribution is 2.24. The van der Waals surface area contributed by atoms with Crippen LogP contribution in [0.2, 0.25) is 5.02 Å². The number of hydrogen-bond acceptors (Lipinski definition) is 3. The summed E-state index contributed by atoms with van der Waals surface area (Å²) in [7, 11) is -3.60. The third-order valence-corrected chi connectivity index (χ3v) is 5.85. The lowest BCUT2D eigenvalue weighted by molar-refractivity contribution is 0.102. The van der Waals surface area contributed by atoms with Gasteiger partial charge in [-0.15, -0.1) is 0 Å². The molecule has 0 aliphatic heterocycles. The third-order valence-electron chi connectivity index (χ3n) is 4.10. The van der Waals surface area contributed by atoms with Crippen molar-refractivity contribution in [1.82, 2.24) is 4.72 Å². The molecule has 5 nitrogen and oxygen atoms in total. The Labute approximate surface area is 152 Å². The van der Waals surface area contributed by atoms with E-state index >= 15 is 0 Å². The number of nitrogens with one attached hydrogen (secondary N) is 2. The van der Waals surface area contributed by atoms with Crippen LogP contribution >= 0.6 is 11.6 Å². The van der Waals surface area contributed by atoms with Gasteiger partial charge in [-0.05, 0) is 68.1 Å². The number of sulfonamides is 1. The Bertz CT molecular complexity index is 937. The lowest BCUT2D eigenvalue weighted by atomic mass is 10.1. The molecule has 0 bridgehead atoms. The molecule has 0 aromatic heterocycles. The minimum atomic E-state index is -3.60. The average molecular weight is 379 g/mol. The lowest BCUT2D eigenvalue weighted by Gasteiger charge is -2.12. The highest BCUT2D eigenvalue weighted by atomic mass is 35.5. The fourth-order valence-corrected chi connectivity index (χ4v) is 4.02. The van der Waals surface area contributed by atoms with Gasteiger partial charge < -0.3 is 5.32 Å². The minimum Gasteiger partial charge on any atom is -0.322 e. The van der Waals surface area contributed by atoms with Crippen LogP contribution in [0.25, 0.3) is 0 Å². The van der Waals surface area contributed by atoms with E-state index in [1.807, 2.05) is 6.92 Å². The van der Waals surface area contributed by atoms with E-state index in [0.717, 1.165) is 18.4 Å². The molecule has 132 valence electrons. The van der Waals surface area contributed by atoms with E-state index in [2.05, 4.69) is 10.0 Å². The minimum absolute atomic E-state index is 0.0142. The van der Waals surface area contributed by atoms with Gasteiger partial charge in [0.2, 0.25) is 10.0 Å². The monoisotopic (exact) mass is 378 g/mol. The summed E-state index contributed by atoms with van der Waals surface area (Å²) in [6, 6.07) is 9.76. The zero-order valence-corrected chi connectivity index (χ0v) is 15.5. The van der Waals surface area contributed by atoms with E-state index in [1.165, 1.54) is 12.1 Å². The average Bonchev–Trinajstić information content (AvgIpc) is 3.33. The maximum atomic E-state index is 12.6. The first-order chi connectivity index (χ1) is 11.8. The smallest absolute Gasteiger partial charge is 0.255 e. The number of halogens is 1. The predicted molar refractivity (Wildman–Crippen MR) is 98.7 cm³/mol. The van der Waals surface area contributed by atoms with E-state index in [9.17, 15) is 13.2 Å². The second-order valence-corrected chi connectivity index (χ2v) is 8.44. The number of carbonyl (C=O) groups excluding carboxylic acids is 1. The van der Waals surface area contributed by atoms with Crippen LogP contribution < -0.4 is 10.0 Å². The van der Waals surface area contributed by atoms with Crippen molar-refractivity contribution in [3.05, 3.63) is 58.1 Å². The van der Waals surface area contributed by atoms with Gasteiger partial charge in [-0.1, -0.05) is 17.7 Å². The van der Waals surface area contributed by atoms with Crippen LogP contribution in [-0.4, -0.2) is 20.4 Å². The van der Waals surface area contributed by atoms with Gasteiger partial charge in [-0.25, -0.2) is 13.1 Å². The Hall–Kier alpha value is -1.89. The van der Waals surface area contributed by atoms with Crippen molar-refractivity contribution in [2.24, 2.45) is 0 Å². The molecular formula is C18H19ClN2O3S. The molecule has 2 aromatic carbocycles. The molecule has 0 saturated heterocycles. The molecule has 1 saturated carbocycles. The molecule has 3 rings (SSSR count). The van der Waals surface area contributed by atoms with Crippen molar-refractivity contribution in [3.63, 3.8) is 0 Å². The number of aryl methyl sites for hydroxylation is 2. The molecule has 7 heteroatoms. The number of hydrogen-bond donors (Lipinski definition) is 2. The van der Waals surface area contributed by atoms with Gasteiger partial charge in [0.25, 0.3) is 5.91 Å². The quantitative estimate of drug-likeness (QED) is 0.833. The normalized spacial score (nSPS) is 14.4. The molecular weight excluding hydrogens is 360 g/mol. The van der Waals surface area contributed by atoms with Crippen molar-refractivity contribution in [2.75, 3.05) is 5.32 Å². The van der Waals surface area contributed by atoms with E-state index < -0.39 is 10.0 Å². The number of carbonyl (C=O) groups is 1. The van der Waals surface area contributed by atoms with Crippen LogP contribution in [0.5, 0.6) is 0 Å². The van der Waals surface area contributed by atoms with E-state index in [-0.39, 0.29) is 16.8 Å². The van der Waals surface area contributed by atoms with Crippen molar-refractivity contribution in [1.29, 1.82) is 0 Å². The van der Waals surface area contributed by atoms with Gasteiger partial charge in [-0.2, -0.15) is 0 Å². The molecule has 2 N–H and O–H groups in total. The molecule has 0 radical (unpaired) electrons. The standard InChI is InChI=1S/C18H19ClN2O3S/c1-11-3-7-15(25(23,24)21-14-5-6-14)10-16(11)18(22)20-17-8-4-13(19)9-12(17)2/h3-4,7-10,14,21H,5-6H2,1-2H3,(H,20,22). The molecule has 0 spiro atoms. The van der Waals surface area contributed by atoms with Gasteiger partial charge >= 0.3 is 0 Å². The Kier molecular flexibility index (Phi) is 4.86. The van der Waals surface area contributed by atoms with Gasteiger partial charge in [0.15, 0.2) is 0 Å². The SMILES string of the molecule is Cc1cc(Cl)ccc1NC(=O)c1cc(S(=O)(=O)NC2CC2)ccc1C. The first-order valence-corrected chi connectivity index (χ1v) is 9.83. The molecule has 0 unspecified atom stereocenters. The van der Waals surface area contributed by atoms with Crippen molar-refractivity contribution in [2.45, 2.75) is 37.6 Å². The van der Waals surface area contributed by atoms with Crippen LogP contribution in [0.1, 0.15) is 34.3 Å². The Morgan fingerprint density at radius 2 is 1.80 bits per heavy atom. The number of benzene rings is 2. The van der Waals surface area contributed by atoms with Crippen LogP contribution in [-0.2, 0) is 10.0 Å². The summed E-state index contributed by atoms with van der Waals surface area (Å²) in [4.78, 5) is 12.7. The summed E-state index contributed by atoms with van der Waals surface area (Å²) in [6.07, 6.45) is 1.71. The molecule has 1 aliphatic carbocycles. The summed E-state index contributed by atoms with van der Waals surface area (Å²) in [5.41, 5.74) is 2.50. The topological polar surface area (TPSA) is 75.3 Å². The first-order valence-electron chi connectivity index (χ1n) is 7.97. The van der Waals surface area contributed by atoms with E-state index in [4.69, 9.17) is 11.6 Å². The van der Waals surface area contributed by atoms with Crippen LogP contribution in [0.3, 0.4) is 0 Å².